The number of nitrogens with zero attached hydrogens (tertiary/aromatic N) is 3. The van der Waals surface area contributed by atoms with E-state index in [4.69, 9.17) is 19.7 Å². The van der Waals surface area contributed by atoms with Crippen molar-refractivity contribution < 1.29 is 19.0 Å². The van der Waals surface area contributed by atoms with Crippen LogP contribution in [0.25, 0.3) is 10.4 Å². The Balaban J connectivity index is 3.37. The van der Waals surface area contributed by atoms with E-state index in [-0.39, 0.29) is 11.3 Å². The van der Waals surface area contributed by atoms with Gasteiger partial charge in [0.25, 0.3) is 5.91 Å². The summed E-state index contributed by atoms with van der Waals surface area (Å²) in [6.07, 6.45) is 0. The Morgan fingerprint density at radius 2 is 1.65 bits per heavy atom. The lowest BCUT2D eigenvalue weighted by Gasteiger charge is -2.12. The highest BCUT2D eigenvalue weighted by molar-refractivity contribution is 5.98. The molecule has 90 valence electrons. The van der Waals surface area contributed by atoms with Crippen molar-refractivity contribution in [3.63, 3.8) is 0 Å². The molecule has 0 aliphatic heterocycles. The first-order chi connectivity index (χ1) is 8.17. The average Bonchev–Trinajstić information content (AvgIpc) is 2.37. The van der Waals surface area contributed by atoms with Gasteiger partial charge < -0.3 is 14.2 Å². The summed E-state index contributed by atoms with van der Waals surface area (Å²) in [6, 6.07) is 2.88. The van der Waals surface area contributed by atoms with E-state index in [0.29, 0.717) is 11.5 Å². The number of amides is 1. The molecule has 1 aromatic rings. The van der Waals surface area contributed by atoms with Crippen LogP contribution in [0.3, 0.4) is 0 Å². The zero-order chi connectivity index (χ0) is 12.8. The molecule has 7 heteroatoms. The highest BCUT2D eigenvalue weighted by atomic mass is 16.5. The third-order valence-electron chi connectivity index (χ3n) is 2.07. The minimum atomic E-state index is -0.745. The SMILES string of the molecule is COc1cc(OC)c(C(=O)N=[N+]=[N-])cc1OC. The van der Waals surface area contributed by atoms with Gasteiger partial charge in [-0.15, -0.1) is 0 Å². The number of hydrogen-bond donors (Lipinski definition) is 0. The molecule has 0 saturated heterocycles. The topological polar surface area (TPSA) is 93.5 Å². The van der Waals surface area contributed by atoms with Gasteiger partial charge in [-0.05, 0) is 16.7 Å². The maximum atomic E-state index is 11.5. The average molecular weight is 237 g/mol. The van der Waals surface area contributed by atoms with Crippen LogP contribution < -0.4 is 14.2 Å². The van der Waals surface area contributed by atoms with Crippen molar-refractivity contribution in [2.24, 2.45) is 5.11 Å². The Bertz CT molecular complexity index is 481. The molecular weight excluding hydrogens is 226 g/mol. The summed E-state index contributed by atoms with van der Waals surface area (Å²) in [5.74, 6) is 0.275. The molecular formula is C10H11N3O4. The second-order valence-corrected chi connectivity index (χ2v) is 2.90. The lowest BCUT2D eigenvalue weighted by molar-refractivity contribution is 0.0997. The number of azide groups is 1. The summed E-state index contributed by atoms with van der Waals surface area (Å²) in [5, 5.41) is 3.00. The molecule has 0 bridgehead atoms. The fourth-order valence-electron chi connectivity index (χ4n) is 1.29. The molecule has 0 atom stereocenters. The minimum absolute atomic E-state index is 0.114. The lowest BCUT2D eigenvalue weighted by atomic mass is 10.1. The number of methoxy groups -OCH3 is 3. The van der Waals surface area contributed by atoms with E-state index in [2.05, 4.69) is 10.0 Å². The molecule has 0 saturated carbocycles. The minimum Gasteiger partial charge on any atom is -0.496 e. The van der Waals surface area contributed by atoms with Gasteiger partial charge in [0.15, 0.2) is 11.5 Å². The molecule has 1 rings (SSSR count). The Morgan fingerprint density at radius 1 is 1.12 bits per heavy atom. The first-order valence-corrected chi connectivity index (χ1v) is 4.57. The molecule has 1 aromatic carbocycles. The summed E-state index contributed by atoms with van der Waals surface area (Å²) >= 11 is 0. The molecule has 0 N–H and O–H groups in total. The molecule has 1 amide bonds. The number of ether oxygens (including phenoxy) is 3. The molecule has 0 radical (unpaired) electrons. The molecule has 0 unspecified atom stereocenters. The molecule has 0 aliphatic carbocycles. The van der Waals surface area contributed by atoms with Gasteiger partial charge in [0.05, 0.1) is 26.9 Å². The van der Waals surface area contributed by atoms with Gasteiger partial charge in [0, 0.05) is 11.0 Å². The van der Waals surface area contributed by atoms with E-state index >= 15 is 0 Å². The number of carbonyl (C=O) groups is 1. The first kappa shape index (κ1) is 12.7. The van der Waals surface area contributed by atoms with Gasteiger partial charge in [-0.3, -0.25) is 4.79 Å². The van der Waals surface area contributed by atoms with Gasteiger partial charge in [0.2, 0.25) is 0 Å². The fourth-order valence-corrected chi connectivity index (χ4v) is 1.29. The number of benzene rings is 1. The molecule has 0 aliphatic rings. The molecule has 0 aromatic heterocycles. The van der Waals surface area contributed by atoms with Crippen molar-refractivity contribution in [2.45, 2.75) is 0 Å². The Kier molecular flexibility index (Phi) is 4.19. The zero-order valence-corrected chi connectivity index (χ0v) is 9.63. The summed E-state index contributed by atoms with van der Waals surface area (Å²) in [6.45, 7) is 0. The van der Waals surface area contributed by atoms with E-state index in [1.807, 2.05) is 0 Å². The molecule has 0 fully saturated rings. The van der Waals surface area contributed by atoms with Crippen LogP contribution in [-0.4, -0.2) is 27.2 Å². The number of rotatable bonds is 4. The number of hydrogen-bond acceptors (Lipinski definition) is 4. The van der Waals surface area contributed by atoms with Crippen molar-refractivity contribution >= 4 is 5.91 Å². The maximum Gasteiger partial charge on any atom is 0.253 e. The zero-order valence-electron chi connectivity index (χ0n) is 9.63. The molecule has 0 heterocycles. The van der Waals surface area contributed by atoms with Crippen molar-refractivity contribution in [1.82, 2.24) is 0 Å². The first-order valence-electron chi connectivity index (χ1n) is 4.57. The van der Waals surface area contributed by atoms with Gasteiger partial charge in [-0.25, -0.2) is 0 Å². The summed E-state index contributed by atoms with van der Waals surface area (Å²) in [5.41, 5.74) is 8.34. The van der Waals surface area contributed by atoms with Crippen molar-refractivity contribution in [3.8, 4) is 17.2 Å². The van der Waals surface area contributed by atoms with E-state index < -0.39 is 5.91 Å². The largest absolute Gasteiger partial charge is 0.496 e. The predicted octanol–water partition coefficient (Wildman–Crippen LogP) is 2.16. The molecule has 0 spiro atoms. The molecule has 7 nitrogen and oxygen atoms in total. The van der Waals surface area contributed by atoms with E-state index in [1.165, 1.54) is 33.5 Å². The predicted molar refractivity (Wildman–Crippen MR) is 59.6 cm³/mol. The van der Waals surface area contributed by atoms with Crippen LogP contribution in [0.4, 0.5) is 0 Å². The fraction of sp³-hybridized carbons (Fsp3) is 0.300. The van der Waals surface area contributed by atoms with E-state index in [1.54, 1.807) is 0 Å². The third-order valence-corrected chi connectivity index (χ3v) is 2.07. The van der Waals surface area contributed by atoms with E-state index in [9.17, 15) is 4.79 Å². The van der Waals surface area contributed by atoms with Crippen LogP contribution in [0.2, 0.25) is 0 Å². The summed E-state index contributed by atoms with van der Waals surface area (Å²) in [4.78, 5) is 13.9. The Hall–Kier alpha value is -2.40. The lowest BCUT2D eigenvalue weighted by Crippen LogP contribution is -2.01. The van der Waals surface area contributed by atoms with E-state index in [0.717, 1.165) is 0 Å². The smallest absolute Gasteiger partial charge is 0.253 e. The second-order valence-electron chi connectivity index (χ2n) is 2.90. The normalized spacial score (nSPS) is 9.12. The van der Waals surface area contributed by atoms with Gasteiger partial charge >= 0.3 is 0 Å². The van der Waals surface area contributed by atoms with Crippen molar-refractivity contribution in [2.75, 3.05) is 21.3 Å². The monoisotopic (exact) mass is 237 g/mol. The van der Waals surface area contributed by atoms with Gasteiger partial charge in [-0.2, -0.15) is 0 Å². The Labute approximate surface area is 97.5 Å². The standard InChI is InChI=1S/C10H11N3O4/c1-15-7-5-9(17-3)8(16-2)4-6(7)10(14)12-13-11/h4-5H,1-3H3. The quantitative estimate of drug-likeness (QED) is 0.455. The van der Waals surface area contributed by atoms with Crippen molar-refractivity contribution in [1.29, 1.82) is 0 Å². The maximum absolute atomic E-state index is 11.5. The summed E-state index contributed by atoms with van der Waals surface area (Å²) < 4.78 is 15.1. The Morgan fingerprint density at radius 3 is 2.12 bits per heavy atom. The van der Waals surface area contributed by atoms with Crippen LogP contribution in [0, 0.1) is 0 Å². The number of carbonyl (C=O) groups excluding carboxylic acids is 1. The van der Waals surface area contributed by atoms with Gasteiger partial charge in [-0.1, -0.05) is 0 Å². The van der Waals surface area contributed by atoms with Crippen LogP contribution in [0.1, 0.15) is 10.4 Å². The van der Waals surface area contributed by atoms with Crippen LogP contribution >= 0.6 is 0 Å². The summed E-state index contributed by atoms with van der Waals surface area (Å²) in [7, 11) is 4.30. The highest BCUT2D eigenvalue weighted by Gasteiger charge is 2.16. The van der Waals surface area contributed by atoms with Crippen LogP contribution in [-0.2, 0) is 0 Å². The van der Waals surface area contributed by atoms with Gasteiger partial charge in [0.1, 0.15) is 5.75 Å². The second kappa shape index (κ2) is 5.62. The van der Waals surface area contributed by atoms with Crippen LogP contribution in [0.15, 0.2) is 17.2 Å². The third kappa shape index (κ3) is 2.59. The highest BCUT2D eigenvalue weighted by Crippen LogP contribution is 2.34. The van der Waals surface area contributed by atoms with Crippen LogP contribution in [0.5, 0.6) is 17.2 Å². The molecule has 17 heavy (non-hydrogen) atoms. The van der Waals surface area contributed by atoms with Crippen molar-refractivity contribution in [3.05, 3.63) is 28.1 Å².